The molecule has 1 fully saturated rings. The van der Waals surface area contributed by atoms with Crippen LogP contribution in [0.1, 0.15) is 19.8 Å². The number of hydrogen-bond donors (Lipinski definition) is 0. The van der Waals surface area contributed by atoms with E-state index in [1.54, 1.807) is 14.0 Å². The summed E-state index contributed by atoms with van der Waals surface area (Å²) in [5.74, 6) is 0.167. The lowest BCUT2D eigenvalue weighted by Crippen LogP contribution is -2.21. The maximum atomic E-state index is 10.6. The van der Waals surface area contributed by atoms with E-state index in [0.717, 1.165) is 12.8 Å². The normalized spacial score (nSPS) is 22.8. The molecular formula is C6H10O2. The van der Waals surface area contributed by atoms with E-state index in [-0.39, 0.29) is 11.4 Å². The third-order valence-corrected chi connectivity index (χ3v) is 1.74. The van der Waals surface area contributed by atoms with Gasteiger partial charge in [-0.05, 0) is 19.8 Å². The Morgan fingerprint density at radius 1 is 1.62 bits per heavy atom. The van der Waals surface area contributed by atoms with Crippen LogP contribution in [-0.2, 0) is 9.53 Å². The van der Waals surface area contributed by atoms with Crippen LogP contribution in [0.2, 0.25) is 0 Å². The van der Waals surface area contributed by atoms with Crippen molar-refractivity contribution in [3.05, 3.63) is 0 Å². The molecule has 0 aromatic carbocycles. The summed E-state index contributed by atoms with van der Waals surface area (Å²) in [6.07, 6.45) is 1.83. The average molecular weight is 114 g/mol. The van der Waals surface area contributed by atoms with E-state index in [2.05, 4.69) is 0 Å². The first kappa shape index (κ1) is 5.76. The summed E-state index contributed by atoms with van der Waals surface area (Å²) in [7, 11) is 1.59. The standard InChI is InChI=1S/C6H10O2/c1-5(7)6(8-2)3-4-6/h3-4H2,1-2H3. The Hall–Kier alpha value is -0.370. The fourth-order valence-corrected chi connectivity index (χ4v) is 0.813. The minimum atomic E-state index is -0.347. The molecule has 2 heteroatoms. The molecule has 0 aliphatic heterocycles. The minimum Gasteiger partial charge on any atom is -0.370 e. The lowest BCUT2D eigenvalue weighted by molar-refractivity contribution is -0.128. The Morgan fingerprint density at radius 3 is 2.12 bits per heavy atom. The molecule has 46 valence electrons. The van der Waals surface area contributed by atoms with Gasteiger partial charge in [0.1, 0.15) is 5.60 Å². The van der Waals surface area contributed by atoms with Gasteiger partial charge in [-0.15, -0.1) is 0 Å². The van der Waals surface area contributed by atoms with Crippen LogP contribution >= 0.6 is 0 Å². The van der Waals surface area contributed by atoms with Gasteiger partial charge in [-0.3, -0.25) is 4.79 Å². The van der Waals surface area contributed by atoms with E-state index in [0.29, 0.717) is 0 Å². The number of carbonyl (C=O) groups is 1. The van der Waals surface area contributed by atoms with Crippen molar-refractivity contribution in [2.24, 2.45) is 0 Å². The maximum absolute atomic E-state index is 10.6. The van der Waals surface area contributed by atoms with E-state index < -0.39 is 0 Å². The van der Waals surface area contributed by atoms with Gasteiger partial charge in [0.05, 0.1) is 0 Å². The largest absolute Gasteiger partial charge is 0.370 e. The molecule has 0 aromatic rings. The number of methoxy groups -OCH3 is 1. The quantitative estimate of drug-likeness (QED) is 0.529. The molecule has 0 atom stereocenters. The smallest absolute Gasteiger partial charge is 0.161 e. The van der Waals surface area contributed by atoms with Crippen LogP contribution in [0.15, 0.2) is 0 Å². The van der Waals surface area contributed by atoms with Crippen molar-refractivity contribution in [1.82, 2.24) is 0 Å². The number of carbonyl (C=O) groups excluding carboxylic acids is 1. The fourth-order valence-electron chi connectivity index (χ4n) is 0.813. The van der Waals surface area contributed by atoms with Gasteiger partial charge < -0.3 is 4.74 Å². The molecule has 0 bridgehead atoms. The van der Waals surface area contributed by atoms with Crippen LogP contribution in [-0.4, -0.2) is 18.5 Å². The molecule has 0 heterocycles. The van der Waals surface area contributed by atoms with Crippen molar-refractivity contribution in [1.29, 1.82) is 0 Å². The fraction of sp³-hybridized carbons (Fsp3) is 0.833. The third kappa shape index (κ3) is 0.650. The van der Waals surface area contributed by atoms with Crippen LogP contribution in [0.5, 0.6) is 0 Å². The number of Topliss-reactive ketones (excluding diaryl/α,β-unsaturated/α-hetero) is 1. The first-order chi connectivity index (χ1) is 3.71. The van der Waals surface area contributed by atoms with Crippen molar-refractivity contribution in [3.8, 4) is 0 Å². The van der Waals surface area contributed by atoms with Gasteiger partial charge in [0.2, 0.25) is 0 Å². The second-order valence-electron chi connectivity index (χ2n) is 2.25. The number of hydrogen-bond acceptors (Lipinski definition) is 2. The first-order valence-corrected chi connectivity index (χ1v) is 2.77. The number of ether oxygens (including phenoxy) is 1. The lowest BCUT2D eigenvalue weighted by atomic mass is 10.2. The van der Waals surface area contributed by atoms with Gasteiger partial charge >= 0.3 is 0 Å². The predicted octanol–water partition coefficient (Wildman–Crippen LogP) is 0.754. The number of ketones is 1. The summed E-state index contributed by atoms with van der Waals surface area (Å²) in [6.45, 7) is 1.58. The molecule has 0 amide bonds. The van der Waals surface area contributed by atoms with Gasteiger partial charge in [0.15, 0.2) is 5.78 Å². The molecule has 0 N–H and O–H groups in total. The van der Waals surface area contributed by atoms with E-state index >= 15 is 0 Å². The Balaban J connectivity index is 2.53. The summed E-state index contributed by atoms with van der Waals surface area (Å²) in [5.41, 5.74) is -0.347. The highest BCUT2D eigenvalue weighted by molar-refractivity contribution is 5.87. The maximum Gasteiger partial charge on any atom is 0.161 e. The molecule has 8 heavy (non-hydrogen) atoms. The predicted molar refractivity (Wildman–Crippen MR) is 29.7 cm³/mol. The highest BCUT2D eigenvalue weighted by Gasteiger charge is 2.47. The van der Waals surface area contributed by atoms with Crippen LogP contribution < -0.4 is 0 Å². The molecule has 0 radical (unpaired) electrons. The molecule has 2 nitrogen and oxygen atoms in total. The van der Waals surface area contributed by atoms with Crippen molar-refractivity contribution < 1.29 is 9.53 Å². The lowest BCUT2D eigenvalue weighted by Gasteiger charge is -2.05. The summed E-state index contributed by atoms with van der Waals surface area (Å²) in [4.78, 5) is 10.6. The van der Waals surface area contributed by atoms with Gasteiger partial charge in [-0.25, -0.2) is 0 Å². The second-order valence-corrected chi connectivity index (χ2v) is 2.25. The molecule has 0 saturated heterocycles. The second kappa shape index (κ2) is 1.55. The SMILES string of the molecule is COC1(C(C)=O)CC1. The van der Waals surface area contributed by atoms with E-state index in [1.165, 1.54) is 0 Å². The minimum absolute atomic E-state index is 0.167. The van der Waals surface area contributed by atoms with Crippen molar-refractivity contribution in [2.75, 3.05) is 7.11 Å². The zero-order chi connectivity index (χ0) is 6.20. The summed E-state index contributed by atoms with van der Waals surface area (Å²) >= 11 is 0. The Morgan fingerprint density at radius 2 is 2.12 bits per heavy atom. The first-order valence-electron chi connectivity index (χ1n) is 2.77. The third-order valence-electron chi connectivity index (χ3n) is 1.74. The highest BCUT2D eigenvalue weighted by Crippen LogP contribution is 2.39. The van der Waals surface area contributed by atoms with E-state index in [4.69, 9.17) is 4.74 Å². The Kier molecular flexibility index (Phi) is 1.12. The van der Waals surface area contributed by atoms with Crippen LogP contribution in [0, 0.1) is 0 Å². The van der Waals surface area contributed by atoms with E-state index in [9.17, 15) is 4.79 Å². The van der Waals surface area contributed by atoms with Gasteiger partial charge in [-0.1, -0.05) is 0 Å². The van der Waals surface area contributed by atoms with Crippen molar-refractivity contribution >= 4 is 5.78 Å². The summed E-state index contributed by atoms with van der Waals surface area (Å²) < 4.78 is 4.96. The van der Waals surface area contributed by atoms with Gasteiger partial charge in [0, 0.05) is 7.11 Å². The molecule has 0 spiro atoms. The van der Waals surface area contributed by atoms with Crippen molar-refractivity contribution in [2.45, 2.75) is 25.4 Å². The average Bonchev–Trinajstić information content (AvgIpc) is 2.44. The highest BCUT2D eigenvalue weighted by atomic mass is 16.5. The molecule has 1 aliphatic rings. The topological polar surface area (TPSA) is 26.3 Å². The zero-order valence-electron chi connectivity index (χ0n) is 5.23. The molecule has 0 aromatic heterocycles. The molecule has 0 unspecified atom stereocenters. The Labute approximate surface area is 48.8 Å². The van der Waals surface area contributed by atoms with Gasteiger partial charge in [-0.2, -0.15) is 0 Å². The van der Waals surface area contributed by atoms with Crippen molar-refractivity contribution in [3.63, 3.8) is 0 Å². The van der Waals surface area contributed by atoms with Crippen LogP contribution in [0.4, 0.5) is 0 Å². The van der Waals surface area contributed by atoms with E-state index in [1.807, 2.05) is 0 Å². The summed E-state index contributed by atoms with van der Waals surface area (Å²) in [6, 6.07) is 0. The molecule has 1 rings (SSSR count). The zero-order valence-corrected chi connectivity index (χ0v) is 5.23. The summed E-state index contributed by atoms with van der Waals surface area (Å²) in [5, 5.41) is 0. The van der Waals surface area contributed by atoms with Crippen LogP contribution in [0.3, 0.4) is 0 Å². The van der Waals surface area contributed by atoms with Crippen LogP contribution in [0.25, 0.3) is 0 Å². The molecular weight excluding hydrogens is 104 g/mol. The monoisotopic (exact) mass is 114 g/mol. The number of rotatable bonds is 2. The van der Waals surface area contributed by atoms with Gasteiger partial charge in [0.25, 0.3) is 0 Å². The Bertz CT molecular complexity index is 114. The molecule has 1 aliphatic carbocycles. The molecule has 1 saturated carbocycles.